The SMILES string of the molecule is C[C@@H](C(=O)O)c1cscn1. The summed E-state index contributed by atoms with van der Waals surface area (Å²) in [5.41, 5.74) is 2.27. The Labute approximate surface area is 62.3 Å². The van der Waals surface area contributed by atoms with E-state index in [1.54, 1.807) is 17.8 Å². The number of aromatic nitrogens is 1. The van der Waals surface area contributed by atoms with Crippen LogP contribution in [0, 0.1) is 0 Å². The number of nitrogens with zero attached hydrogens (tertiary/aromatic N) is 1. The van der Waals surface area contributed by atoms with Crippen molar-refractivity contribution >= 4 is 17.3 Å². The van der Waals surface area contributed by atoms with Gasteiger partial charge in [0.1, 0.15) is 0 Å². The van der Waals surface area contributed by atoms with E-state index >= 15 is 0 Å². The highest BCUT2D eigenvalue weighted by Gasteiger charge is 2.14. The topological polar surface area (TPSA) is 50.2 Å². The second-order valence-electron chi connectivity index (χ2n) is 1.97. The van der Waals surface area contributed by atoms with Gasteiger partial charge in [0.25, 0.3) is 0 Å². The van der Waals surface area contributed by atoms with Gasteiger partial charge in [0.15, 0.2) is 0 Å². The lowest BCUT2D eigenvalue weighted by Gasteiger charge is -1.98. The Kier molecular flexibility index (Phi) is 2.01. The number of hydrogen-bond donors (Lipinski definition) is 1. The van der Waals surface area contributed by atoms with Gasteiger partial charge in [-0.1, -0.05) is 0 Å². The summed E-state index contributed by atoms with van der Waals surface area (Å²) in [6.45, 7) is 1.62. The van der Waals surface area contributed by atoms with Crippen LogP contribution >= 0.6 is 11.3 Å². The molecule has 0 bridgehead atoms. The minimum Gasteiger partial charge on any atom is -0.481 e. The van der Waals surface area contributed by atoms with Crippen LogP contribution in [0.3, 0.4) is 0 Å². The van der Waals surface area contributed by atoms with E-state index in [0.717, 1.165) is 0 Å². The van der Waals surface area contributed by atoms with Crippen LogP contribution in [0.15, 0.2) is 10.9 Å². The number of carboxylic acids is 1. The molecule has 1 N–H and O–H groups in total. The van der Waals surface area contributed by atoms with Crippen molar-refractivity contribution in [3.05, 3.63) is 16.6 Å². The van der Waals surface area contributed by atoms with Crippen LogP contribution < -0.4 is 0 Å². The number of carbonyl (C=O) groups is 1. The molecule has 0 aliphatic carbocycles. The summed E-state index contributed by atoms with van der Waals surface area (Å²) >= 11 is 1.41. The first-order valence-corrected chi connectivity index (χ1v) is 3.77. The highest BCUT2D eigenvalue weighted by Crippen LogP contribution is 2.14. The molecule has 0 aliphatic heterocycles. The van der Waals surface area contributed by atoms with Crippen molar-refractivity contribution in [1.82, 2.24) is 4.98 Å². The summed E-state index contributed by atoms with van der Waals surface area (Å²) in [6.07, 6.45) is 0. The molecule has 0 radical (unpaired) electrons. The molecule has 54 valence electrons. The molecular weight excluding hydrogens is 150 g/mol. The Balaban J connectivity index is 2.77. The maximum atomic E-state index is 10.4. The maximum Gasteiger partial charge on any atom is 0.312 e. The third-order valence-electron chi connectivity index (χ3n) is 1.27. The highest BCUT2D eigenvalue weighted by atomic mass is 32.1. The minimum atomic E-state index is -0.828. The molecule has 1 atom stereocenters. The van der Waals surface area contributed by atoms with Crippen molar-refractivity contribution in [3.8, 4) is 0 Å². The molecule has 1 aromatic rings. The van der Waals surface area contributed by atoms with Gasteiger partial charge in [-0.2, -0.15) is 0 Å². The molecule has 0 amide bonds. The molecule has 1 heterocycles. The zero-order chi connectivity index (χ0) is 7.56. The maximum absolute atomic E-state index is 10.4. The van der Waals surface area contributed by atoms with Gasteiger partial charge >= 0.3 is 5.97 Å². The lowest BCUT2D eigenvalue weighted by molar-refractivity contribution is -0.138. The summed E-state index contributed by atoms with van der Waals surface area (Å²) in [5, 5.41) is 10.3. The molecule has 10 heavy (non-hydrogen) atoms. The number of carboxylic acid groups (broad SMARTS) is 1. The second-order valence-corrected chi connectivity index (χ2v) is 2.69. The van der Waals surface area contributed by atoms with Crippen LogP contribution in [-0.4, -0.2) is 16.1 Å². The molecule has 0 unspecified atom stereocenters. The predicted octanol–water partition coefficient (Wildman–Crippen LogP) is 1.33. The summed E-state index contributed by atoms with van der Waals surface area (Å²) in [4.78, 5) is 14.2. The molecule has 0 saturated heterocycles. The number of hydrogen-bond acceptors (Lipinski definition) is 3. The highest BCUT2D eigenvalue weighted by molar-refractivity contribution is 7.07. The van der Waals surface area contributed by atoms with E-state index in [9.17, 15) is 4.79 Å². The zero-order valence-electron chi connectivity index (χ0n) is 5.44. The fourth-order valence-corrected chi connectivity index (χ4v) is 1.21. The smallest absolute Gasteiger partial charge is 0.312 e. The second kappa shape index (κ2) is 2.79. The fourth-order valence-electron chi connectivity index (χ4n) is 0.562. The fraction of sp³-hybridized carbons (Fsp3) is 0.333. The average Bonchev–Trinajstić information content (AvgIpc) is 2.36. The van der Waals surface area contributed by atoms with E-state index in [4.69, 9.17) is 5.11 Å². The van der Waals surface area contributed by atoms with E-state index < -0.39 is 11.9 Å². The van der Waals surface area contributed by atoms with Gasteiger partial charge in [0.05, 0.1) is 17.1 Å². The summed E-state index contributed by atoms with van der Waals surface area (Å²) in [6, 6.07) is 0. The molecular formula is C6H7NO2S. The lowest BCUT2D eigenvalue weighted by Crippen LogP contribution is -2.07. The van der Waals surface area contributed by atoms with Crippen LogP contribution in [-0.2, 0) is 4.79 Å². The van der Waals surface area contributed by atoms with Crippen molar-refractivity contribution in [2.24, 2.45) is 0 Å². The first kappa shape index (κ1) is 7.21. The Morgan fingerprint density at radius 1 is 1.90 bits per heavy atom. The van der Waals surface area contributed by atoms with Gasteiger partial charge in [0, 0.05) is 5.38 Å². The van der Waals surface area contributed by atoms with Gasteiger partial charge in [-0.15, -0.1) is 11.3 Å². The van der Waals surface area contributed by atoms with E-state index in [1.165, 1.54) is 11.3 Å². The average molecular weight is 157 g/mol. The molecule has 4 heteroatoms. The third-order valence-corrected chi connectivity index (χ3v) is 1.87. The molecule has 0 spiro atoms. The van der Waals surface area contributed by atoms with Crippen molar-refractivity contribution < 1.29 is 9.90 Å². The van der Waals surface area contributed by atoms with Crippen LogP contribution in [0.1, 0.15) is 18.5 Å². The minimum absolute atomic E-state index is 0.480. The standard InChI is InChI=1S/C6H7NO2S/c1-4(6(8)9)5-2-10-3-7-5/h2-4H,1H3,(H,8,9)/t4-/m1/s1. The van der Waals surface area contributed by atoms with E-state index in [-0.39, 0.29) is 0 Å². The summed E-state index contributed by atoms with van der Waals surface area (Å²) in [5.74, 6) is -1.31. The van der Waals surface area contributed by atoms with Crippen LogP contribution in [0.4, 0.5) is 0 Å². The van der Waals surface area contributed by atoms with Crippen molar-refractivity contribution in [2.45, 2.75) is 12.8 Å². The molecule has 3 nitrogen and oxygen atoms in total. The monoisotopic (exact) mass is 157 g/mol. The first-order valence-electron chi connectivity index (χ1n) is 2.82. The summed E-state index contributed by atoms with van der Waals surface area (Å²) < 4.78 is 0. The third kappa shape index (κ3) is 1.33. The molecule has 0 aromatic carbocycles. The quantitative estimate of drug-likeness (QED) is 0.704. The number of rotatable bonds is 2. The first-order chi connectivity index (χ1) is 4.72. The van der Waals surface area contributed by atoms with Crippen molar-refractivity contribution in [3.63, 3.8) is 0 Å². The zero-order valence-corrected chi connectivity index (χ0v) is 6.26. The summed E-state index contributed by atoms with van der Waals surface area (Å²) in [7, 11) is 0. The van der Waals surface area contributed by atoms with E-state index in [1.807, 2.05) is 0 Å². The van der Waals surface area contributed by atoms with Gasteiger partial charge in [0.2, 0.25) is 0 Å². The largest absolute Gasteiger partial charge is 0.481 e. The Bertz CT molecular complexity index is 220. The van der Waals surface area contributed by atoms with Crippen LogP contribution in [0.5, 0.6) is 0 Å². The van der Waals surface area contributed by atoms with Crippen molar-refractivity contribution in [2.75, 3.05) is 0 Å². The normalized spacial score (nSPS) is 12.9. The van der Waals surface area contributed by atoms with Gasteiger partial charge in [-0.05, 0) is 6.92 Å². The molecule has 0 aliphatic rings. The molecule has 1 aromatic heterocycles. The van der Waals surface area contributed by atoms with Crippen molar-refractivity contribution in [1.29, 1.82) is 0 Å². The molecule has 0 fully saturated rings. The van der Waals surface area contributed by atoms with E-state index in [2.05, 4.69) is 4.98 Å². The van der Waals surface area contributed by atoms with E-state index in [0.29, 0.717) is 5.69 Å². The molecule has 1 rings (SSSR count). The van der Waals surface area contributed by atoms with Gasteiger partial charge in [-0.3, -0.25) is 4.79 Å². The van der Waals surface area contributed by atoms with Gasteiger partial charge < -0.3 is 5.11 Å². The number of thiazole rings is 1. The van der Waals surface area contributed by atoms with Crippen LogP contribution in [0.2, 0.25) is 0 Å². The predicted molar refractivity (Wildman–Crippen MR) is 38.2 cm³/mol. The lowest BCUT2D eigenvalue weighted by atomic mass is 10.1. The van der Waals surface area contributed by atoms with Gasteiger partial charge in [-0.25, -0.2) is 4.98 Å². The Hall–Kier alpha value is -0.900. The number of aliphatic carboxylic acids is 1. The Morgan fingerprint density at radius 2 is 2.60 bits per heavy atom. The Morgan fingerprint density at radius 3 is 3.00 bits per heavy atom. The van der Waals surface area contributed by atoms with Crippen LogP contribution in [0.25, 0.3) is 0 Å². The molecule has 0 saturated carbocycles.